The highest BCUT2D eigenvalue weighted by atomic mass is 32.2. The Bertz CT molecular complexity index is 1170. The van der Waals surface area contributed by atoms with Gasteiger partial charge in [0.25, 0.3) is 5.91 Å². The summed E-state index contributed by atoms with van der Waals surface area (Å²) in [5.41, 5.74) is 1.12. The Kier molecular flexibility index (Phi) is 8.02. The number of carbonyl (C=O) groups is 4. The van der Waals surface area contributed by atoms with E-state index in [-0.39, 0.29) is 29.3 Å². The molecule has 4 fully saturated rings. The molecule has 2 aromatic rings. The number of benzene rings is 2. The number of rotatable bonds is 9. The van der Waals surface area contributed by atoms with Crippen LogP contribution in [0.5, 0.6) is 0 Å². The molecule has 38 heavy (non-hydrogen) atoms. The smallest absolute Gasteiger partial charge is 0.339 e. The van der Waals surface area contributed by atoms with Gasteiger partial charge >= 0.3 is 12.0 Å². The molecule has 0 aromatic heterocycles. The van der Waals surface area contributed by atoms with E-state index < -0.39 is 24.5 Å². The molecule has 8 nitrogen and oxygen atoms in total. The minimum atomic E-state index is -0.732. The monoisotopic (exact) mass is 535 g/mol. The van der Waals surface area contributed by atoms with E-state index in [1.165, 1.54) is 31.0 Å². The number of carbonyl (C=O) groups excluding carboxylic acids is 4. The van der Waals surface area contributed by atoms with Gasteiger partial charge in [0, 0.05) is 17.0 Å². The molecule has 4 bridgehead atoms. The van der Waals surface area contributed by atoms with Gasteiger partial charge in [-0.25, -0.2) is 9.59 Å². The standard InChI is InChI=1S/C29H33N3O5S/c33-25(31-28(36)30-16-19-6-2-1-3-7-19)17-37-27(35)23-8-4-5-9-24(23)38-18-26(34)32-29-13-20-10-21(14-29)12-22(11-20)15-29/h1-9,20-22H,10-18H2,(H,32,34)(H2,30,31,33,36). The van der Waals surface area contributed by atoms with E-state index in [2.05, 4.69) is 16.0 Å². The molecule has 0 radical (unpaired) electrons. The van der Waals surface area contributed by atoms with Crippen molar-refractivity contribution in [3.8, 4) is 0 Å². The molecular weight excluding hydrogens is 502 g/mol. The first-order chi connectivity index (χ1) is 18.4. The predicted octanol–water partition coefficient (Wildman–Crippen LogP) is 4.05. The third-order valence-electron chi connectivity index (χ3n) is 7.79. The summed E-state index contributed by atoms with van der Waals surface area (Å²) in [6.07, 6.45) is 7.21. The molecule has 0 unspecified atom stereocenters. The number of hydrogen-bond acceptors (Lipinski definition) is 6. The number of ether oxygens (including phenoxy) is 1. The topological polar surface area (TPSA) is 114 Å². The van der Waals surface area contributed by atoms with Crippen LogP contribution in [0.15, 0.2) is 59.5 Å². The van der Waals surface area contributed by atoms with Crippen LogP contribution in [0.25, 0.3) is 0 Å². The number of thioether (sulfide) groups is 1. The van der Waals surface area contributed by atoms with Crippen LogP contribution in [0.1, 0.15) is 54.4 Å². The second-order valence-electron chi connectivity index (χ2n) is 10.8. The first-order valence-electron chi connectivity index (χ1n) is 13.2. The van der Waals surface area contributed by atoms with Crippen molar-refractivity contribution in [2.24, 2.45) is 17.8 Å². The van der Waals surface area contributed by atoms with Gasteiger partial charge in [-0.1, -0.05) is 42.5 Å². The molecule has 200 valence electrons. The Labute approximate surface area is 226 Å². The molecule has 0 spiro atoms. The summed E-state index contributed by atoms with van der Waals surface area (Å²) in [5.74, 6) is 1.01. The Morgan fingerprint density at radius 2 is 1.47 bits per heavy atom. The highest BCUT2D eigenvalue weighted by Gasteiger charge is 2.51. The Balaban J connectivity index is 1.07. The number of esters is 1. The lowest BCUT2D eigenvalue weighted by Crippen LogP contribution is -2.60. The van der Waals surface area contributed by atoms with E-state index in [4.69, 9.17) is 4.74 Å². The Hall–Kier alpha value is -3.33. The van der Waals surface area contributed by atoms with Crippen molar-refractivity contribution < 1.29 is 23.9 Å². The minimum Gasteiger partial charge on any atom is -0.452 e. The van der Waals surface area contributed by atoms with E-state index in [0.29, 0.717) is 4.90 Å². The zero-order chi connectivity index (χ0) is 26.5. The highest BCUT2D eigenvalue weighted by molar-refractivity contribution is 8.00. The van der Waals surface area contributed by atoms with E-state index in [9.17, 15) is 19.2 Å². The molecule has 6 rings (SSSR count). The summed E-state index contributed by atoms with van der Waals surface area (Å²) in [6.45, 7) is -0.329. The van der Waals surface area contributed by atoms with Gasteiger partial charge in [0.05, 0.1) is 11.3 Å². The molecule has 4 amide bonds. The molecular formula is C29H33N3O5S. The van der Waals surface area contributed by atoms with Gasteiger partial charge in [-0.05, 0) is 74.0 Å². The summed E-state index contributed by atoms with van der Waals surface area (Å²) in [7, 11) is 0. The summed E-state index contributed by atoms with van der Waals surface area (Å²) in [5, 5.41) is 8.08. The van der Waals surface area contributed by atoms with Crippen LogP contribution in [-0.2, 0) is 20.9 Å². The third kappa shape index (κ3) is 6.56. The first kappa shape index (κ1) is 26.3. The SMILES string of the molecule is O=C(COC(=O)c1ccccc1SCC(=O)NC12CC3CC(CC(C3)C1)C2)NC(=O)NCc1ccccc1. The number of amides is 4. The molecule has 4 saturated carbocycles. The van der Waals surface area contributed by atoms with Gasteiger partial charge in [0.2, 0.25) is 5.91 Å². The van der Waals surface area contributed by atoms with Gasteiger partial charge in [-0.15, -0.1) is 11.8 Å². The molecule has 2 aromatic carbocycles. The molecule has 4 aliphatic carbocycles. The third-order valence-corrected chi connectivity index (χ3v) is 8.87. The maximum Gasteiger partial charge on any atom is 0.339 e. The minimum absolute atomic E-state index is 0.0130. The number of urea groups is 1. The van der Waals surface area contributed by atoms with Crippen molar-refractivity contribution in [1.29, 1.82) is 0 Å². The summed E-state index contributed by atoms with van der Waals surface area (Å²) in [6, 6.07) is 15.5. The van der Waals surface area contributed by atoms with Crippen LogP contribution in [-0.4, -0.2) is 41.7 Å². The predicted molar refractivity (Wildman–Crippen MR) is 143 cm³/mol. The molecule has 0 heterocycles. The van der Waals surface area contributed by atoms with Gasteiger partial charge in [0.15, 0.2) is 6.61 Å². The molecule has 4 aliphatic rings. The average molecular weight is 536 g/mol. The second kappa shape index (κ2) is 11.6. The van der Waals surface area contributed by atoms with E-state index in [1.54, 1.807) is 24.3 Å². The maximum absolute atomic E-state index is 12.9. The first-order valence-corrected chi connectivity index (χ1v) is 14.2. The maximum atomic E-state index is 12.9. The van der Waals surface area contributed by atoms with Crippen molar-refractivity contribution in [3.05, 3.63) is 65.7 Å². The molecule has 9 heteroatoms. The zero-order valence-electron chi connectivity index (χ0n) is 21.2. The van der Waals surface area contributed by atoms with Crippen molar-refractivity contribution in [3.63, 3.8) is 0 Å². The van der Waals surface area contributed by atoms with Crippen LogP contribution < -0.4 is 16.0 Å². The van der Waals surface area contributed by atoms with Crippen LogP contribution in [0, 0.1) is 17.8 Å². The Morgan fingerprint density at radius 3 is 2.16 bits per heavy atom. The largest absolute Gasteiger partial charge is 0.452 e. The number of nitrogens with one attached hydrogen (secondary N) is 3. The summed E-state index contributed by atoms with van der Waals surface area (Å²) in [4.78, 5) is 50.3. The van der Waals surface area contributed by atoms with Crippen molar-refractivity contribution in [2.75, 3.05) is 12.4 Å². The Morgan fingerprint density at radius 1 is 0.842 bits per heavy atom. The molecule has 0 atom stereocenters. The van der Waals surface area contributed by atoms with Gasteiger partial charge in [-0.3, -0.25) is 14.9 Å². The molecule has 3 N–H and O–H groups in total. The fraction of sp³-hybridized carbons (Fsp3) is 0.448. The fourth-order valence-corrected chi connectivity index (χ4v) is 7.53. The zero-order valence-corrected chi connectivity index (χ0v) is 22.1. The number of imide groups is 1. The van der Waals surface area contributed by atoms with Crippen LogP contribution in [0.3, 0.4) is 0 Å². The van der Waals surface area contributed by atoms with Gasteiger partial charge < -0.3 is 15.4 Å². The van der Waals surface area contributed by atoms with Gasteiger partial charge in [-0.2, -0.15) is 0 Å². The van der Waals surface area contributed by atoms with E-state index >= 15 is 0 Å². The van der Waals surface area contributed by atoms with Gasteiger partial charge in [0.1, 0.15) is 0 Å². The van der Waals surface area contributed by atoms with Crippen LogP contribution >= 0.6 is 11.8 Å². The lowest BCUT2D eigenvalue weighted by atomic mass is 9.53. The second-order valence-corrected chi connectivity index (χ2v) is 11.8. The van der Waals surface area contributed by atoms with Crippen molar-refractivity contribution in [2.45, 2.75) is 55.5 Å². The normalized spacial score (nSPS) is 24.9. The number of hydrogen-bond donors (Lipinski definition) is 3. The molecule has 0 aliphatic heterocycles. The average Bonchev–Trinajstić information content (AvgIpc) is 2.89. The van der Waals surface area contributed by atoms with E-state index in [0.717, 1.165) is 42.6 Å². The summed E-state index contributed by atoms with van der Waals surface area (Å²) >= 11 is 1.28. The lowest BCUT2D eigenvalue weighted by molar-refractivity contribution is -0.124. The quantitative estimate of drug-likeness (QED) is 0.330. The van der Waals surface area contributed by atoms with Crippen LogP contribution in [0.4, 0.5) is 4.79 Å². The fourth-order valence-electron chi connectivity index (χ4n) is 6.69. The van der Waals surface area contributed by atoms with E-state index in [1.807, 2.05) is 30.3 Å². The molecule has 0 saturated heterocycles. The van der Waals surface area contributed by atoms with Crippen molar-refractivity contribution >= 4 is 35.6 Å². The van der Waals surface area contributed by atoms with Crippen LogP contribution in [0.2, 0.25) is 0 Å². The highest BCUT2D eigenvalue weighted by Crippen LogP contribution is 2.55. The van der Waals surface area contributed by atoms with Crippen molar-refractivity contribution in [1.82, 2.24) is 16.0 Å². The summed E-state index contributed by atoms with van der Waals surface area (Å²) < 4.78 is 5.15. The lowest BCUT2D eigenvalue weighted by Gasteiger charge is -2.56.